The Morgan fingerprint density at radius 1 is 0.421 bits per heavy atom. The number of nitrogens with zero attached hydrogens (tertiary/aromatic N) is 4. The maximum atomic E-state index is 15.1. The van der Waals surface area contributed by atoms with Crippen LogP contribution in [0.15, 0.2) is 90.6 Å². The summed E-state index contributed by atoms with van der Waals surface area (Å²) in [6.45, 7) is 21.5. The topological polar surface area (TPSA) is 92.8 Å². The van der Waals surface area contributed by atoms with Crippen LogP contribution in [0.5, 0.6) is 11.5 Å². The lowest BCUT2D eigenvalue weighted by Crippen LogP contribution is -2.27. The van der Waals surface area contributed by atoms with Gasteiger partial charge in [-0.25, -0.2) is 17.6 Å². The van der Waals surface area contributed by atoms with Gasteiger partial charge in [0.25, 0.3) is 0 Å². The lowest BCUT2D eigenvalue weighted by molar-refractivity contribution is -0.114. The summed E-state index contributed by atoms with van der Waals surface area (Å²) in [4.78, 5) is 26.3. The van der Waals surface area contributed by atoms with E-state index in [0.29, 0.717) is 22.3 Å². The van der Waals surface area contributed by atoms with Gasteiger partial charge in [0.2, 0.25) is 34.8 Å². The average molecular weight is 803 g/mol. The van der Waals surface area contributed by atoms with Crippen molar-refractivity contribution in [1.29, 1.82) is 0 Å². The molecule has 0 radical (unpaired) electrons. The van der Waals surface area contributed by atoms with E-state index in [4.69, 9.17) is 0 Å². The Morgan fingerprint density at radius 3 is 0.860 bits per heavy atom. The van der Waals surface area contributed by atoms with E-state index in [1.165, 1.54) is 24.3 Å². The molecule has 57 heavy (non-hydrogen) atoms. The van der Waals surface area contributed by atoms with E-state index in [2.05, 4.69) is 25.2 Å². The third kappa shape index (κ3) is 9.12. The molecule has 0 unspecified atom stereocenters. The summed E-state index contributed by atoms with van der Waals surface area (Å²) in [7, 11) is 0. The van der Waals surface area contributed by atoms with Crippen LogP contribution in [-0.2, 0) is 9.59 Å². The van der Waals surface area contributed by atoms with Crippen molar-refractivity contribution in [2.45, 2.75) is 83.1 Å². The van der Waals surface area contributed by atoms with E-state index in [0.717, 1.165) is 12.4 Å². The Hall–Kier alpha value is -5.34. The van der Waals surface area contributed by atoms with Crippen LogP contribution in [0.3, 0.4) is 0 Å². The third-order valence-electron chi connectivity index (χ3n) is 8.79. The molecule has 0 fully saturated rings. The summed E-state index contributed by atoms with van der Waals surface area (Å²) < 4.78 is 125. The van der Waals surface area contributed by atoms with Crippen molar-refractivity contribution in [3.63, 3.8) is 0 Å². The van der Waals surface area contributed by atoms with E-state index >= 15 is 35.1 Å². The second kappa shape index (κ2) is 15.5. The SMILES string of the molecule is CC(C)(C)C1=CC(=CN=Nc2c(F)c(F)c(Oc3c(F)c(F)c(N=NC=C4C=C(C(C)(C)C)C(=O)C(C(C)(C)C)=C4)c(F)c3F)c(F)c2F)C=C(C(C)(C)C)C1=O. The van der Waals surface area contributed by atoms with Gasteiger partial charge in [-0.2, -0.15) is 27.8 Å². The number of rotatable bonds is 6. The van der Waals surface area contributed by atoms with E-state index in [1.54, 1.807) is 83.1 Å². The first-order valence-corrected chi connectivity index (χ1v) is 17.6. The Morgan fingerprint density at radius 2 is 0.649 bits per heavy atom. The van der Waals surface area contributed by atoms with Crippen LogP contribution in [0.25, 0.3) is 0 Å². The van der Waals surface area contributed by atoms with Gasteiger partial charge in [0.05, 0.1) is 12.4 Å². The molecule has 0 aliphatic heterocycles. The van der Waals surface area contributed by atoms with Gasteiger partial charge in [0, 0.05) is 22.3 Å². The molecule has 2 aromatic carbocycles. The maximum absolute atomic E-state index is 15.1. The molecule has 0 aromatic heterocycles. The number of Topliss-reactive ketones (excluding diaryl/α,β-unsaturated/α-hetero) is 2. The number of ketones is 2. The van der Waals surface area contributed by atoms with E-state index in [9.17, 15) is 9.59 Å². The van der Waals surface area contributed by atoms with Gasteiger partial charge >= 0.3 is 0 Å². The van der Waals surface area contributed by atoms with E-state index < -0.39 is 91.1 Å². The normalized spacial score (nSPS) is 16.0. The van der Waals surface area contributed by atoms with Gasteiger partial charge in [-0.15, -0.1) is 10.2 Å². The number of ether oxygens (including phenoxy) is 1. The van der Waals surface area contributed by atoms with Gasteiger partial charge in [0.15, 0.2) is 46.2 Å². The Bertz CT molecular complexity index is 2030. The Kier molecular flexibility index (Phi) is 12.1. The zero-order valence-corrected chi connectivity index (χ0v) is 33.5. The molecule has 0 spiro atoms. The van der Waals surface area contributed by atoms with Crippen LogP contribution < -0.4 is 4.74 Å². The highest BCUT2D eigenvalue weighted by molar-refractivity contribution is 6.12. The predicted molar refractivity (Wildman–Crippen MR) is 198 cm³/mol. The minimum Gasteiger partial charge on any atom is -0.444 e. The molecule has 0 saturated heterocycles. The van der Waals surface area contributed by atoms with Crippen molar-refractivity contribution in [3.8, 4) is 11.5 Å². The first-order valence-electron chi connectivity index (χ1n) is 17.6. The molecule has 0 atom stereocenters. The first-order chi connectivity index (χ1) is 26.0. The summed E-state index contributed by atoms with van der Waals surface area (Å²) in [6.07, 6.45) is 7.90. The molecule has 2 aliphatic carbocycles. The molecule has 4 rings (SSSR count). The number of benzene rings is 2. The molecule has 2 aliphatic rings. The summed E-state index contributed by atoms with van der Waals surface area (Å²) >= 11 is 0. The van der Waals surface area contributed by atoms with Gasteiger partial charge in [-0.05, 0) is 57.1 Å². The summed E-state index contributed by atoms with van der Waals surface area (Å²) in [5.74, 6) is -23.0. The van der Waals surface area contributed by atoms with Crippen LogP contribution in [-0.4, -0.2) is 11.6 Å². The fourth-order valence-corrected chi connectivity index (χ4v) is 5.64. The predicted octanol–water partition coefficient (Wildman–Crippen LogP) is 13.6. The third-order valence-corrected chi connectivity index (χ3v) is 8.79. The van der Waals surface area contributed by atoms with Crippen molar-refractivity contribution in [2.24, 2.45) is 42.1 Å². The standard InChI is InChI=1S/C42H42F8N4O3/c1-39(2,3)21-13-19(14-22(35(21)55)40(4,5)6)17-51-53-33-25(43)29(47)37(30(48)26(33)44)57-38-31(49)27(45)34(28(46)32(38)50)54-52-18-20-15-23(41(7,8)9)36(56)24(16-20)42(10,11)12/h13-18H,1-12H3. The second-order valence-electron chi connectivity index (χ2n) is 17.5. The smallest absolute Gasteiger partial charge is 0.206 e. The van der Waals surface area contributed by atoms with Gasteiger partial charge < -0.3 is 4.74 Å². The van der Waals surface area contributed by atoms with Crippen LogP contribution >= 0.6 is 0 Å². The molecule has 2 aromatic rings. The quantitative estimate of drug-likeness (QED) is 0.165. The maximum Gasteiger partial charge on any atom is 0.206 e. The monoisotopic (exact) mass is 802 g/mol. The fraction of sp³-hybridized carbons (Fsp3) is 0.381. The molecule has 0 bridgehead atoms. The van der Waals surface area contributed by atoms with Crippen molar-refractivity contribution < 1.29 is 49.4 Å². The lowest BCUT2D eigenvalue weighted by Gasteiger charge is -2.31. The molecule has 0 N–H and O–H groups in total. The van der Waals surface area contributed by atoms with Crippen molar-refractivity contribution in [1.82, 2.24) is 0 Å². The zero-order chi connectivity index (χ0) is 43.3. The number of hydrogen-bond donors (Lipinski definition) is 0. The Labute approximate surface area is 325 Å². The highest BCUT2D eigenvalue weighted by Gasteiger charge is 2.36. The molecule has 0 saturated carbocycles. The lowest BCUT2D eigenvalue weighted by atomic mass is 9.72. The van der Waals surface area contributed by atoms with Crippen LogP contribution in [0.1, 0.15) is 83.1 Å². The molecular weight excluding hydrogens is 760 g/mol. The van der Waals surface area contributed by atoms with E-state index in [-0.39, 0.29) is 22.7 Å². The van der Waals surface area contributed by atoms with Crippen LogP contribution in [0.4, 0.5) is 46.5 Å². The average Bonchev–Trinajstić information content (AvgIpc) is 3.08. The van der Waals surface area contributed by atoms with Gasteiger partial charge in [-0.3, -0.25) is 9.59 Å². The highest BCUT2D eigenvalue weighted by Crippen LogP contribution is 2.43. The fourth-order valence-electron chi connectivity index (χ4n) is 5.64. The van der Waals surface area contributed by atoms with Crippen LogP contribution in [0, 0.1) is 68.2 Å². The number of carbonyl (C=O) groups excluding carboxylic acids is 2. The molecule has 0 amide bonds. The van der Waals surface area contributed by atoms with Crippen molar-refractivity contribution >= 4 is 22.9 Å². The molecular formula is C42H42F8N4O3. The minimum absolute atomic E-state index is 0.223. The molecule has 0 heterocycles. The van der Waals surface area contributed by atoms with E-state index in [1.807, 2.05) is 0 Å². The number of azo groups is 2. The number of hydrogen-bond acceptors (Lipinski definition) is 7. The van der Waals surface area contributed by atoms with Crippen molar-refractivity contribution in [2.75, 3.05) is 0 Å². The molecule has 15 heteroatoms. The number of allylic oxidation sites excluding steroid dienone is 10. The zero-order valence-electron chi connectivity index (χ0n) is 33.5. The molecule has 7 nitrogen and oxygen atoms in total. The number of carbonyl (C=O) groups is 2. The number of halogens is 8. The Balaban J connectivity index is 1.71. The first kappa shape index (κ1) is 44.4. The molecule has 304 valence electrons. The van der Waals surface area contributed by atoms with Crippen LogP contribution in [0.2, 0.25) is 0 Å². The van der Waals surface area contributed by atoms with Gasteiger partial charge in [0.1, 0.15) is 0 Å². The van der Waals surface area contributed by atoms with Gasteiger partial charge in [-0.1, -0.05) is 83.1 Å². The summed E-state index contributed by atoms with van der Waals surface area (Å²) in [6, 6.07) is 0. The minimum atomic E-state index is -2.37. The highest BCUT2D eigenvalue weighted by atomic mass is 19.2. The largest absolute Gasteiger partial charge is 0.444 e. The summed E-state index contributed by atoms with van der Waals surface area (Å²) in [5.41, 5.74) is -3.58. The summed E-state index contributed by atoms with van der Waals surface area (Å²) in [5, 5.41) is 13.5. The second-order valence-corrected chi connectivity index (χ2v) is 17.5. The van der Waals surface area contributed by atoms with Crippen molar-refractivity contribution in [3.05, 3.63) is 117 Å².